The lowest BCUT2D eigenvalue weighted by atomic mass is 9.80. The molecule has 2 unspecified atom stereocenters. The van der Waals surface area contributed by atoms with Gasteiger partial charge >= 0.3 is 0 Å². The largest absolute Gasteiger partial charge is 0.0654 e. The molecule has 0 rings (SSSR count). The summed E-state index contributed by atoms with van der Waals surface area (Å²) in [6, 6.07) is 0. The molecule has 0 amide bonds. The highest BCUT2D eigenvalue weighted by molar-refractivity contribution is 4.68. The summed E-state index contributed by atoms with van der Waals surface area (Å²) in [5.41, 5.74) is 0. The third-order valence-corrected chi connectivity index (χ3v) is 3.82. The summed E-state index contributed by atoms with van der Waals surface area (Å²) < 4.78 is 0. The molecule has 0 aliphatic rings. The monoisotopic (exact) mass is 212 g/mol. The maximum absolute atomic E-state index is 2.45. The third kappa shape index (κ3) is 6.98. The first-order valence-electron chi connectivity index (χ1n) is 7.13. The molecule has 15 heavy (non-hydrogen) atoms. The molecule has 0 aromatic rings. The van der Waals surface area contributed by atoms with Crippen molar-refractivity contribution in [2.75, 3.05) is 0 Å². The summed E-state index contributed by atoms with van der Waals surface area (Å²) in [6.07, 6.45) is 9.93. The molecule has 0 fully saturated rings. The average Bonchev–Trinajstić information content (AvgIpc) is 2.18. The quantitative estimate of drug-likeness (QED) is 0.432. The summed E-state index contributed by atoms with van der Waals surface area (Å²) in [6.45, 7) is 11.8. The van der Waals surface area contributed by atoms with Crippen molar-refractivity contribution < 1.29 is 0 Å². The van der Waals surface area contributed by atoms with Gasteiger partial charge in [0.2, 0.25) is 0 Å². The predicted molar refractivity (Wildman–Crippen MR) is 71.2 cm³/mol. The SMILES string of the molecule is CCCCCCCC(C)C(CC)C(C)C. The van der Waals surface area contributed by atoms with Gasteiger partial charge in [0.1, 0.15) is 0 Å². The first kappa shape index (κ1) is 15.0. The van der Waals surface area contributed by atoms with E-state index >= 15 is 0 Å². The van der Waals surface area contributed by atoms with E-state index < -0.39 is 0 Å². The van der Waals surface area contributed by atoms with Crippen LogP contribution in [0.4, 0.5) is 0 Å². The Morgan fingerprint density at radius 1 is 0.800 bits per heavy atom. The Hall–Kier alpha value is 0. The van der Waals surface area contributed by atoms with Crippen molar-refractivity contribution >= 4 is 0 Å². The molecule has 2 atom stereocenters. The van der Waals surface area contributed by atoms with Gasteiger partial charge in [-0.3, -0.25) is 0 Å². The second-order valence-corrected chi connectivity index (χ2v) is 5.50. The second-order valence-electron chi connectivity index (χ2n) is 5.50. The fourth-order valence-corrected chi connectivity index (χ4v) is 2.81. The Morgan fingerprint density at radius 3 is 1.87 bits per heavy atom. The molecular formula is C15H32. The minimum atomic E-state index is 0.862. The van der Waals surface area contributed by atoms with Gasteiger partial charge in [0, 0.05) is 0 Å². The van der Waals surface area contributed by atoms with Gasteiger partial charge in [-0.25, -0.2) is 0 Å². The van der Waals surface area contributed by atoms with Gasteiger partial charge in [-0.2, -0.15) is 0 Å². The predicted octanol–water partition coefficient (Wildman–Crippen LogP) is 5.67. The Morgan fingerprint density at radius 2 is 1.40 bits per heavy atom. The van der Waals surface area contributed by atoms with Crippen molar-refractivity contribution in [2.24, 2.45) is 17.8 Å². The summed E-state index contributed by atoms with van der Waals surface area (Å²) in [5, 5.41) is 0. The molecule has 0 aromatic carbocycles. The van der Waals surface area contributed by atoms with Gasteiger partial charge in [-0.1, -0.05) is 79.6 Å². The highest BCUT2D eigenvalue weighted by Gasteiger charge is 2.18. The molecule has 0 saturated heterocycles. The van der Waals surface area contributed by atoms with Gasteiger partial charge in [-0.05, 0) is 17.8 Å². The Bertz CT molecular complexity index is 126. The van der Waals surface area contributed by atoms with E-state index in [0.717, 1.165) is 17.8 Å². The molecular weight excluding hydrogens is 180 g/mol. The maximum atomic E-state index is 2.45. The minimum Gasteiger partial charge on any atom is -0.0654 e. The highest BCUT2D eigenvalue weighted by atomic mass is 14.2. The molecule has 0 N–H and O–H groups in total. The van der Waals surface area contributed by atoms with E-state index in [1.165, 1.54) is 44.9 Å². The number of hydrogen-bond acceptors (Lipinski definition) is 0. The van der Waals surface area contributed by atoms with Crippen LogP contribution >= 0.6 is 0 Å². The van der Waals surface area contributed by atoms with Crippen molar-refractivity contribution in [1.29, 1.82) is 0 Å². The third-order valence-electron chi connectivity index (χ3n) is 3.82. The van der Waals surface area contributed by atoms with Gasteiger partial charge in [-0.15, -0.1) is 0 Å². The molecule has 92 valence electrons. The van der Waals surface area contributed by atoms with Gasteiger partial charge in [0.15, 0.2) is 0 Å². The zero-order valence-electron chi connectivity index (χ0n) is 11.7. The molecule has 0 radical (unpaired) electrons. The van der Waals surface area contributed by atoms with Crippen LogP contribution in [0.25, 0.3) is 0 Å². The normalized spacial score (nSPS) is 15.6. The van der Waals surface area contributed by atoms with Crippen LogP contribution in [-0.4, -0.2) is 0 Å². The van der Waals surface area contributed by atoms with Crippen molar-refractivity contribution in [3.05, 3.63) is 0 Å². The molecule has 0 bridgehead atoms. The number of hydrogen-bond donors (Lipinski definition) is 0. The fraction of sp³-hybridized carbons (Fsp3) is 1.00. The van der Waals surface area contributed by atoms with Gasteiger partial charge in [0.25, 0.3) is 0 Å². The van der Waals surface area contributed by atoms with E-state index in [2.05, 4.69) is 34.6 Å². The van der Waals surface area contributed by atoms with Crippen molar-refractivity contribution in [2.45, 2.75) is 79.6 Å². The summed E-state index contributed by atoms with van der Waals surface area (Å²) in [7, 11) is 0. The zero-order valence-corrected chi connectivity index (χ0v) is 11.7. The molecule has 0 aliphatic heterocycles. The van der Waals surface area contributed by atoms with E-state index in [1.807, 2.05) is 0 Å². The Labute approximate surface area is 97.8 Å². The van der Waals surface area contributed by atoms with Crippen molar-refractivity contribution in [3.8, 4) is 0 Å². The van der Waals surface area contributed by atoms with Crippen LogP contribution in [0.3, 0.4) is 0 Å². The Kier molecular flexibility index (Phi) is 9.24. The van der Waals surface area contributed by atoms with E-state index in [9.17, 15) is 0 Å². The second kappa shape index (κ2) is 9.24. The average molecular weight is 212 g/mol. The van der Waals surface area contributed by atoms with E-state index in [4.69, 9.17) is 0 Å². The summed E-state index contributed by atoms with van der Waals surface area (Å²) in [5.74, 6) is 2.73. The standard InChI is InChI=1S/C15H32/c1-6-8-9-10-11-12-14(5)15(7-2)13(3)4/h13-15H,6-12H2,1-5H3. The van der Waals surface area contributed by atoms with Crippen LogP contribution in [0.1, 0.15) is 79.6 Å². The van der Waals surface area contributed by atoms with Crippen molar-refractivity contribution in [3.63, 3.8) is 0 Å². The first-order chi connectivity index (χ1) is 7.13. The lowest BCUT2D eigenvalue weighted by molar-refractivity contribution is 0.244. The maximum Gasteiger partial charge on any atom is -0.0368 e. The van der Waals surface area contributed by atoms with Crippen LogP contribution in [0.5, 0.6) is 0 Å². The summed E-state index contributed by atoms with van der Waals surface area (Å²) >= 11 is 0. The smallest absolute Gasteiger partial charge is 0.0368 e. The van der Waals surface area contributed by atoms with Gasteiger partial charge in [0.05, 0.1) is 0 Å². The molecule has 0 aromatic heterocycles. The van der Waals surface area contributed by atoms with E-state index in [1.54, 1.807) is 0 Å². The van der Waals surface area contributed by atoms with Crippen LogP contribution in [0.2, 0.25) is 0 Å². The van der Waals surface area contributed by atoms with Crippen LogP contribution < -0.4 is 0 Å². The number of unbranched alkanes of at least 4 members (excludes halogenated alkanes) is 4. The lowest BCUT2D eigenvalue weighted by Gasteiger charge is -2.26. The molecule has 0 heteroatoms. The van der Waals surface area contributed by atoms with Crippen LogP contribution in [0, 0.1) is 17.8 Å². The van der Waals surface area contributed by atoms with Crippen molar-refractivity contribution in [1.82, 2.24) is 0 Å². The number of rotatable bonds is 9. The molecule has 0 nitrogen and oxygen atoms in total. The molecule has 0 heterocycles. The molecule has 0 spiro atoms. The molecule has 0 aliphatic carbocycles. The lowest BCUT2D eigenvalue weighted by Crippen LogP contribution is -2.16. The van der Waals surface area contributed by atoms with Crippen LogP contribution in [-0.2, 0) is 0 Å². The summed E-state index contributed by atoms with van der Waals surface area (Å²) in [4.78, 5) is 0. The zero-order chi connectivity index (χ0) is 11.7. The molecule has 0 saturated carbocycles. The fourth-order valence-electron chi connectivity index (χ4n) is 2.81. The Balaban J connectivity index is 3.57. The minimum absolute atomic E-state index is 0.862. The van der Waals surface area contributed by atoms with E-state index in [-0.39, 0.29) is 0 Å². The van der Waals surface area contributed by atoms with E-state index in [0.29, 0.717) is 0 Å². The van der Waals surface area contributed by atoms with Crippen LogP contribution in [0.15, 0.2) is 0 Å². The highest BCUT2D eigenvalue weighted by Crippen LogP contribution is 2.28. The topological polar surface area (TPSA) is 0 Å². The first-order valence-corrected chi connectivity index (χ1v) is 7.13. The van der Waals surface area contributed by atoms with Gasteiger partial charge < -0.3 is 0 Å².